The summed E-state index contributed by atoms with van der Waals surface area (Å²) in [5, 5.41) is 0. The van der Waals surface area contributed by atoms with Crippen molar-refractivity contribution in [3.8, 4) is 11.5 Å². The van der Waals surface area contributed by atoms with Gasteiger partial charge in [-0.3, -0.25) is 0 Å². The Morgan fingerprint density at radius 1 is 1.00 bits per heavy atom. The van der Waals surface area contributed by atoms with E-state index in [-0.39, 0.29) is 4.83 Å². The van der Waals surface area contributed by atoms with E-state index in [1.54, 1.807) is 0 Å². The minimum absolute atomic E-state index is 0.157. The topological polar surface area (TPSA) is 18.5 Å². The molecule has 0 spiro atoms. The molecule has 2 aromatic rings. The molecular weight excluding hydrogens is 443 g/mol. The largest absolute Gasteiger partial charge is 0.489 e. The van der Waals surface area contributed by atoms with Crippen LogP contribution in [0.3, 0.4) is 0 Å². The van der Waals surface area contributed by atoms with Crippen molar-refractivity contribution in [1.29, 1.82) is 0 Å². The van der Waals surface area contributed by atoms with Crippen molar-refractivity contribution < 1.29 is 9.47 Å². The van der Waals surface area contributed by atoms with E-state index in [2.05, 4.69) is 81.8 Å². The number of alkyl halides is 1. The van der Waals surface area contributed by atoms with Gasteiger partial charge >= 0.3 is 0 Å². The van der Waals surface area contributed by atoms with Gasteiger partial charge in [0.25, 0.3) is 0 Å². The van der Waals surface area contributed by atoms with Crippen molar-refractivity contribution in [1.82, 2.24) is 0 Å². The number of hydrogen-bond acceptors (Lipinski definition) is 2. The standard InChI is InChI=1S/C17H16BrIO2/c1-11-9-20-15-7-4-13(8-16(15)21-10-11)17(18)12-2-5-14(19)6-3-12/h2-8,11,17H,9-10H2,1H3. The zero-order valence-corrected chi connectivity index (χ0v) is 15.4. The molecule has 0 amide bonds. The SMILES string of the molecule is CC1COc2ccc(C(Br)c3ccc(I)cc3)cc2OC1. The maximum Gasteiger partial charge on any atom is 0.161 e. The molecule has 0 N–H and O–H groups in total. The first kappa shape index (κ1) is 15.2. The lowest BCUT2D eigenvalue weighted by Crippen LogP contribution is -2.12. The van der Waals surface area contributed by atoms with Crippen LogP contribution in [-0.2, 0) is 0 Å². The van der Waals surface area contributed by atoms with Crippen LogP contribution in [0, 0.1) is 9.49 Å². The molecule has 0 bridgehead atoms. The lowest BCUT2D eigenvalue weighted by molar-refractivity contribution is 0.228. The average Bonchev–Trinajstić information content (AvgIpc) is 2.69. The first-order valence-corrected chi connectivity index (χ1v) is 8.92. The third kappa shape index (κ3) is 3.54. The third-order valence-electron chi connectivity index (χ3n) is 3.47. The third-order valence-corrected chi connectivity index (χ3v) is 5.25. The van der Waals surface area contributed by atoms with E-state index < -0.39 is 0 Å². The summed E-state index contributed by atoms with van der Waals surface area (Å²) >= 11 is 6.10. The summed E-state index contributed by atoms with van der Waals surface area (Å²) in [6.07, 6.45) is 0. The molecule has 21 heavy (non-hydrogen) atoms. The van der Waals surface area contributed by atoms with Crippen LogP contribution in [0.15, 0.2) is 42.5 Å². The fourth-order valence-corrected chi connectivity index (χ4v) is 3.20. The summed E-state index contributed by atoms with van der Waals surface area (Å²) < 4.78 is 12.9. The van der Waals surface area contributed by atoms with E-state index in [4.69, 9.17) is 9.47 Å². The first-order valence-electron chi connectivity index (χ1n) is 6.92. The molecule has 2 aromatic carbocycles. The molecule has 110 valence electrons. The van der Waals surface area contributed by atoms with Gasteiger partial charge in [0, 0.05) is 9.49 Å². The molecule has 0 saturated heterocycles. The molecule has 2 atom stereocenters. The minimum Gasteiger partial charge on any atom is -0.489 e. The predicted octanol–water partition coefficient (Wildman–Crippen LogP) is 5.18. The van der Waals surface area contributed by atoms with E-state index in [0.717, 1.165) is 11.5 Å². The summed E-state index contributed by atoms with van der Waals surface area (Å²) in [5.41, 5.74) is 2.41. The summed E-state index contributed by atoms with van der Waals surface area (Å²) in [6.45, 7) is 3.54. The number of hydrogen-bond donors (Lipinski definition) is 0. The van der Waals surface area contributed by atoms with E-state index in [1.165, 1.54) is 14.7 Å². The normalized spacial score (nSPS) is 18.9. The van der Waals surface area contributed by atoms with Crippen LogP contribution in [-0.4, -0.2) is 13.2 Å². The quantitative estimate of drug-likeness (QED) is 0.455. The second kappa shape index (κ2) is 6.57. The molecule has 0 fully saturated rings. The monoisotopic (exact) mass is 458 g/mol. The molecule has 2 unspecified atom stereocenters. The van der Waals surface area contributed by atoms with Gasteiger partial charge in [0.2, 0.25) is 0 Å². The molecule has 1 aliphatic heterocycles. The number of fused-ring (bicyclic) bond motifs is 1. The molecule has 1 heterocycles. The maximum atomic E-state index is 5.86. The van der Waals surface area contributed by atoms with Crippen LogP contribution in [0.4, 0.5) is 0 Å². The van der Waals surface area contributed by atoms with Gasteiger partial charge in [-0.2, -0.15) is 0 Å². The Bertz CT molecular complexity index is 627. The fraction of sp³-hybridized carbons (Fsp3) is 0.294. The molecular formula is C17H16BrIO2. The molecule has 4 heteroatoms. The van der Waals surface area contributed by atoms with Gasteiger partial charge in [-0.15, -0.1) is 0 Å². The van der Waals surface area contributed by atoms with Gasteiger partial charge in [-0.05, 0) is 58.0 Å². The first-order chi connectivity index (χ1) is 10.1. The van der Waals surface area contributed by atoms with Crippen LogP contribution >= 0.6 is 38.5 Å². The van der Waals surface area contributed by atoms with Gasteiger partial charge in [-0.1, -0.05) is 41.1 Å². The highest BCUT2D eigenvalue weighted by Gasteiger charge is 2.18. The van der Waals surface area contributed by atoms with Crippen molar-refractivity contribution in [2.75, 3.05) is 13.2 Å². The Labute approximate surface area is 147 Å². The zero-order chi connectivity index (χ0) is 14.8. The number of halogens is 2. The molecule has 3 rings (SSSR count). The van der Waals surface area contributed by atoms with Crippen LogP contribution in [0.1, 0.15) is 22.9 Å². The second-order valence-corrected chi connectivity index (χ2v) is 7.51. The van der Waals surface area contributed by atoms with Crippen molar-refractivity contribution in [2.24, 2.45) is 5.92 Å². The number of rotatable bonds is 2. The van der Waals surface area contributed by atoms with Gasteiger partial charge in [-0.25, -0.2) is 0 Å². The highest BCUT2D eigenvalue weighted by molar-refractivity contribution is 14.1. The molecule has 2 nitrogen and oxygen atoms in total. The Morgan fingerprint density at radius 3 is 2.33 bits per heavy atom. The Hall–Kier alpha value is -0.750. The summed E-state index contributed by atoms with van der Waals surface area (Å²) in [5.74, 6) is 2.09. The van der Waals surface area contributed by atoms with E-state index in [0.29, 0.717) is 19.1 Å². The summed E-state index contributed by atoms with van der Waals surface area (Å²) in [4.78, 5) is 0.157. The maximum absolute atomic E-state index is 5.86. The minimum atomic E-state index is 0.157. The molecule has 1 aliphatic rings. The van der Waals surface area contributed by atoms with Crippen LogP contribution in [0.25, 0.3) is 0 Å². The van der Waals surface area contributed by atoms with E-state index >= 15 is 0 Å². The molecule has 0 saturated carbocycles. The molecule has 0 radical (unpaired) electrons. The van der Waals surface area contributed by atoms with Gasteiger partial charge in [0.15, 0.2) is 11.5 Å². The smallest absolute Gasteiger partial charge is 0.161 e. The average molecular weight is 459 g/mol. The van der Waals surface area contributed by atoms with Crippen molar-refractivity contribution in [3.63, 3.8) is 0 Å². The Balaban J connectivity index is 1.88. The van der Waals surface area contributed by atoms with Crippen LogP contribution < -0.4 is 9.47 Å². The Kier molecular flexibility index (Phi) is 4.74. The van der Waals surface area contributed by atoms with Gasteiger partial charge in [0.1, 0.15) is 0 Å². The van der Waals surface area contributed by atoms with Crippen molar-refractivity contribution in [3.05, 3.63) is 57.2 Å². The lowest BCUT2D eigenvalue weighted by atomic mass is 10.0. The fourth-order valence-electron chi connectivity index (χ4n) is 2.25. The van der Waals surface area contributed by atoms with E-state index in [1.807, 2.05) is 6.07 Å². The second-order valence-electron chi connectivity index (χ2n) is 5.35. The predicted molar refractivity (Wildman–Crippen MR) is 96.5 cm³/mol. The number of benzene rings is 2. The highest BCUT2D eigenvalue weighted by Crippen LogP contribution is 2.37. The van der Waals surface area contributed by atoms with Crippen LogP contribution in [0.5, 0.6) is 11.5 Å². The van der Waals surface area contributed by atoms with Gasteiger partial charge in [0.05, 0.1) is 18.0 Å². The zero-order valence-electron chi connectivity index (χ0n) is 11.7. The molecule has 0 aliphatic carbocycles. The summed E-state index contributed by atoms with van der Waals surface area (Å²) in [6, 6.07) is 14.7. The molecule has 0 aromatic heterocycles. The lowest BCUT2D eigenvalue weighted by Gasteiger charge is -2.14. The van der Waals surface area contributed by atoms with E-state index in [9.17, 15) is 0 Å². The van der Waals surface area contributed by atoms with Crippen LogP contribution in [0.2, 0.25) is 0 Å². The number of ether oxygens (including phenoxy) is 2. The van der Waals surface area contributed by atoms with Crippen molar-refractivity contribution in [2.45, 2.75) is 11.8 Å². The summed E-state index contributed by atoms with van der Waals surface area (Å²) in [7, 11) is 0. The van der Waals surface area contributed by atoms with Gasteiger partial charge < -0.3 is 9.47 Å². The van der Waals surface area contributed by atoms with Crippen molar-refractivity contribution >= 4 is 38.5 Å². The Morgan fingerprint density at radius 2 is 1.62 bits per heavy atom. The highest BCUT2D eigenvalue weighted by atomic mass is 127.